The second kappa shape index (κ2) is 4.25. The highest BCUT2D eigenvalue weighted by Crippen LogP contribution is 2.13. The number of hydrogen-bond donors (Lipinski definition) is 0. The van der Waals surface area contributed by atoms with E-state index in [1.807, 2.05) is 0 Å². The minimum absolute atomic E-state index is 0.0841. The number of carbonyl (C=O) groups excluding carboxylic acids is 1. The average molecular weight is 195 g/mol. The normalized spacial score (nSPS) is 9.00. The summed E-state index contributed by atoms with van der Waals surface area (Å²) in [4.78, 5) is 16.6. The molecule has 0 saturated heterocycles. The van der Waals surface area contributed by atoms with Crippen molar-refractivity contribution in [2.45, 2.75) is 0 Å². The molecule has 0 bridgehead atoms. The van der Waals surface area contributed by atoms with Gasteiger partial charge in [0, 0.05) is 6.20 Å². The highest BCUT2D eigenvalue weighted by atomic mass is 19.1. The van der Waals surface area contributed by atoms with Crippen LogP contribution in [0.4, 0.5) is 4.39 Å². The van der Waals surface area contributed by atoms with Crippen LogP contribution in [0.3, 0.4) is 0 Å². The van der Waals surface area contributed by atoms with Gasteiger partial charge in [0.25, 0.3) is 0 Å². The SMILES string of the molecule is COc1ncc(C(C=O)=[N+]=[N-])cc1F. The van der Waals surface area contributed by atoms with Crippen LogP contribution in [0.5, 0.6) is 5.88 Å². The molecule has 0 aliphatic heterocycles. The Morgan fingerprint density at radius 2 is 2.50 bits per heavy atom. The summed E-state index contributed by atoms with van der Waals surface area (Å²) < 4.78 is 17.6. The summed E-state index contributed by atoms with van der Waals surface area (Å²) in [6, 6.07) is 0.995. The van der Waals surface area contributed by atoms with Gasteiger partial charge in [0.1, 0.15) is 0 Å². The predicted octanol–water partition coefficient (Wildman–Crippen LogP) is 0.447. The Hall–Kier alpha value is -2.07. The first kappa shape index (κ1) is 10.0. The maximum absolute atomic E-state index is 13.0. The Morgan fingerprint density at radius 1 is 1.79 bits per heavy atom. The topological polar surface area (TPSA) is 75.6 Å². The lowest BCUT2D eigenvalue weighted by Crippen LogP contribution is -2.05. The summed E-state index contributed by atoms with van der Waals surface area (Å²) in [6.45, 7) is 0. The Bertz CT molecular complexity index is 413. The zero-order valence-electron chi connectivity index (χ0n) is 7.27. The molecule has 1 aromatic rings. The van der Waals surface area contributed by atoms with Crippen molar-refractivity contribution >= 4 is 12.0 Å². The Balaban J connectivity index is 3.21. The molecule has 0 aliphatic carbocycles. The number of nitrogens with zero attached hydrogens (tertiary/aromatic N) is 3. The molecular formula is C8H6FN3O2. The van der Waals surface area contributed by atoms with Crippen molar-refractivity contribution in [3.8, 4) is 5.88 Å². The lowest BCUT2D eigenvalue weighted by atomic mass is 10.2. The van der Waals surface area contributed by atoms with Crippen molar-refractivity contribution < 1.29 is 18.7 Å². The first-order valence-electron chi connectivity index (χ1n) is 3.60. The molecule has 0 saturated carbocycles. The quantitative estimate of drug-likeness (QED) is 0.304. The molecule has 6 heteroatoms. The fourth-order valence-electron chi connectivity index (χ4n) is 0.865. The predicted molar refractivity (Wildman–Crippen MR) is 44.5 cm³/mol. The first-order valence-corrected chi connectivity index (χ1v) is 3.60. The fraction of sp³-hybridized carbons (Fsp3) is 0.125. The van der Waals surface area contributed by atoms with Gasteiger partial charge in [-0.1, -0.05) is 0 Å². The van der Waals surface area contributed by atoms with Gasteiger partial charge >= 0.3 is 5.71 Å². The van der Waals surface area contributed by atoms with Gasteiger partial charge in [-0.25, -0.2) is 9.37 Å². The molecule has 0 radical (unpaired) electrons. The van der Waals surface area contributed by atoms with Gasteiger partial charge in [-0.2, -0.15) is 4.79 Å². The van der Waals surface area contributed by atoms with Crippen LogP contribution in [0, 0.1) is 5.82 Å². The fourth-order valence-corrected chi connectivity index (χ4v) is 0.865. The third-order valence-electron chi connectivity index (χ3n) is 1.52. The van der Waals surface area contributed by atoms with Crippen LogP contribution in [0.15, 0.2) is 12.3 Å². The summed E-state index contributed by atoms with van der Waals surface area (Å²) in [6.07, 6.45) is 1.47. The molecule has 1 rings (SSSR count). The largest absolute Gasteiger partial charge is 0.479 e. The molecule has 72 valence electrons. The standard InChI is InChI=1S/C8H6FN3O2/c1-14-8-6(9)2-5(3-11-8)7(4-13)12-10/h2-4H,1H3. The third kappa shape index (κ3) is 1.81. The second-order valence-corrected chi connectivity index (χ2v) is 2.32. The Labute approximate surface area is 78.8 Å². The number of aromatic nitrogens is 1. The van der Waals surface area contributed by atoms with E-state index in [9.17, 15) is 9.18 Å². The van der Waals surface area contributed by atoms with Crippen molar-refractivity contribution in [1.29, 1.82) is 0 Å². The van der Waals surface area contributed by atoms with E-state index in [1.165, 1.54) is 13.3 Å². The van der Waals surface area contributed by atoms with Crippen LogP contribution in [0.2, 0.25) is 0 Å². The summed E-state index contributed by atoms with van der Waals surface area (Å²) >= 11 is 0. The van der Waals surface area contributed by atoms with Crippen LogP contribution >= 0.6 is 0 Å². The van der Waals surface area contributed by atoms with Crippen molar-refractivity contribution in [1.82, 2.24) is 4.98 Å². The molecule has 0 spiro atoms. The number of ether oxygens (including phenoxy) is 1. The highest BCUT2D eigenvalue weighted by Gasteiger charge is 2.14. The summed E-state index contributed by atoms with van der Waals surface area (Å²) in [5.41, 5.74) is 8.16. The smallest absolute Gasteiger partial charge is 0.363 e. The van der Waals surface area contributed by atoms with E-state index in [-0.39, 0.29) is 17.2 Å². The molecule has 1 aromatic heterocycles. The van der Waals surface area contributed by atoms with Crippen LogP contribution in [-0.2, 0) is 4.79 Å². The molecule has 5 nitrogen and oxygen atoms in total. The van der Waals surface area contributed by atoms with Crippen LogP contribution in [0.1, 0.15) is 5.56 Å². The molecule has 0 unspecified atom stereocenters. The van der Waals surface area contributed by atoms with Crippen LogP contribution < -0.4 is 4.74 Å². The highest BCUT2D eigenvalue weighted by molar-refractivity contribution is 6.33. The maximum atomic E-state index is 13.0. The van der Waals surface area contributed by atoms with E-state index in [4.69, 9.17) is 5.53 Å². The number of rotatable bonds is 3. The summed E-state index contributed by atoms with van der Waals surface area (Å²) in [5.74, 6) is -0.912. The number of pyridine rings is 1. The minimum Gasteiger partial charge on any atom is -0.479 e. The van der Waals surface area contributed by atoms with Gasteiger partial charge in [-0.15, -0.1) is 0 Å². The van der Waals surface area contributed by atoms with Gasteiger partial charge in [0.05, 0.1) is 12.7 Å². The monoisotopic (exact) mass is 195 g/mol. The van der Waals surface area contributed by atoms with Gasteiger partial charge in [0.2, 0.25) is 12.2 Å². The van der Waals surface area contributed by atoms with Gasteiger partial charge in [-0.3, -0.25) is 4.79 Å². The van der Waals surface area contributed by atoms with Crippen molar-refractivity contribution in [2.24, 2.45) is 0 Å². The molecule has 0 N–H and O–H groups in total. The van der Waals surface area contributed by atoms with E-state index in [2.05, 4.69) is 14.5 Å². The maximum Gasteiger partial charge on any atom is 0.363 e. The lowest BCUT2D eigenvalue weighted by molar-refractivity contribution is -0.106. The van der Waals surface area contributed by atoms with E-state index in [0.29, 0.717) is 6.29 Å². The molecule has 0 amide bonds. The van der Waals surface area contributed by atoms with E-state index in [1.54, 1.807) is 0 Å². The molecule has 0 atom stereocenters. The van der Waals surface area contributed by atoms with Crippen molar-refractivity contribution in [3.05, 3.63) is 29.2 Å². The van der Waals surface area contributed by atoms with Gasteiger partial charge in [0.15, 0.2) is 5.82 Å². The molecular weight excluding hydrogens is 189 g/mol. The van der Waals surface area contributed by atoms with Crippen molar-refractivity contribution in [2.75, 3.05) is 7.11 Å². The molecule has 0 aromatic carbocycles. The Kier molecular flexibility index (Phi) is 3.04. The average Bonchev–Trinajstić information content (AvgIpc) is 2.20. The number of hydrogen-bond acceptors (Lipinski definition) is 3. The van der Waals surface area contributed by atoms with E-state index in [0.717, 1.165) is 6.07 Å². The number of methoxy groups -OCH3 is 1. The first-order chi connectivity index (χ1) is 6.72. The van der Waals surface area contributed by atoms with E-state index < -0.39 is 5.82 Å². The molecule has 1 heterocycles. The van der Waals surface area contributed by atoms with Crippen molar-refractivity contribution in [3.63, 3.8) is 0 Å². The summed E-state index contributed by atoms with van der Waals surface area (Å²) in [7, 11) is 1.27. The van der Waals surface area contributed by atoms with Crippen LogP contribution in [0.25, 0.3) is 5.53 Å². The Morgan fingerprint density at radius 3 is 2.93 bits per heavy atom. The lowest BCUT2D eigenvalue weighted by Gasteiger charge is -1.99. The molecule has 0 aliphatic rings. The summed E-state index contributed by atoms with van der Waals surface area (Å²) in [5, 5.41) is 0. The van der Waals surface area contributed by atoms with Gasteiger partial charge < -0.3 is 10.3 Å². The zero-order valence-corrected chi connectivity index (χ0v) is 7.27. The second-order valence-electron chi connectivity index (χ2n) is 2.32. The number of halogens is 1. The number of carbonyl (C=O) groups is 1. The molecule has 14 heavy (non-hydrogen) atoms. The third-order valence-corrected chi connectivity index (χ3v) is 1.52. The van der Waals surface area contributed by atoms with Gasteiger partial charge in [-0.05, 0) is 6.07 Å². The van der Waals surface area contributed by atoms with E-state index >= 15 is 0 Å². The van der Waals surface area contributed by atoms with Crippen LogP contribution in [-0.4, -0.2) is 28.9 Å². The minimum atomic E-state index is -0.729. The zero-order chi connectivity index (χ0) is 10.6. The number of aldehydes is 1. The molecule has 0 fully saturated rings.